The van der Waals surface area contributed by atoms with E-state index in [1.807, 2.05) is 19.9 Å². The molecular formula is C8H10NOPS. The van der Waals surface area contributed by atoms with Crippen molar-refractivity contribution in [3.8, 4) is 0 Å². The largest absolute Gasteiger partial charge is 0.240 e. The topological polar surface area (TPSA) is 29.4 Å². The molecule has 0 saturated heterocycles. The van der Waals surface area contributed by atoms with E-state index in [9.17, 15) is 4.79 Å². The van der Waals surface area contributed by atoms with Crippen molar-refractivity contribution in [2.24, 2.45) is 4.99 Å². The van der Waals surface area contributed by atoms with Crippen LogP contribution in [0.1, 0.15) is 9.75 Å². The summed E-state index contributed by atoms with van der Waals surface area (Å²) in [7, 11) is 2.72. The highest BCUT2D eigenvalue weighted by molar-refractivity contribution is 7.15. The van der Waals surface area contributed by atoms with Crippen LogP contribution < -0.4 is 0 Å². The molecule has 1 heterocycles. The van der Waals surface area contributed by atoms with Crippen LogP contribution in [0.2, 0.25) is 0 Å². The number of aryl methyl sites for hydroxylation is 2. The molecule has 1 aromatic rings. The fraction of sp³-hybridized carbons (Fsp3) is 0.250. The zero-order valence-corrected chi connectivity index (χ0v) is 8.86. The van der Waals surface area contributed by atoms with Gasteiger partial charge in [-0.25, -0.2) is 4.79 Å². The molecule has 0 bridgehead atoms. The minimum atomic E-state index is 0.748. The van der Waals surface area contributed by atoms with E-state index >= 15 is 0 Å². The van der Waals surface area contributed by atoms with Crippen LogP contribution in [0.15, 0.2) is 11.1 Å². The first-order valence-corrected chi connectivity index (χ1v) is 4.76. The third kappa shape index (κ3) is 3.10. The summed E-state index contributed by atoms with van der Waals surface area (Å²) < 4.78 is 0. The number of carbonyl (C=O) groups excluding carboxylic acids is 1. The lowest BCUT2D eigenvalue weighted by atomic mass is 10.4. The monoisotopic (exact) mass is 199 g/mol. The molecule has 0 fully saturated rings. The van der Waals surface area contributed by atoms with Crippen molar-refractivity contribution >= 4 is 38.3 Å². The molecule has 0 radical (unpaired) electrons. The Labute approximate surface area is 78.2 Å². The van der Waals surface area contributed by atoms with Gasteiger partial charge in [0.2, 0.25) is 6.08 Å². The van der Waals surface area contributed by atoms with Crippen LogP contribution in [-0.2, 0) is 4.79 Å². The Morgan fingerprint density at radius 3 is 2.50 bits per heavy atom. The molecule has 1 rings (SSSR count). The maximum Gasteiger partial charge on any atom is 0.240 e. The normalized spacial score (nSPS) is 7.83. The quantitative estimate of drug-likeness (QED) is 0.388. The van der Waals surface area contributed by atoms with E-state index in [0.717, 1.165) is 10.6 Å². The van der Waals surface area contributed by atoms with Gasteiger partial charge < -0.3 is 0 Å². The Morgan fingerprint density at radius 2 is 2.17 bits per heavy atom. The van der Waals surface area contributed by atoms with Crippen LogP contribution in [-0.4, -0.2) is 12.4 Å². The molecule has 0 aliphatic carbocycles. The number of isocyanates is 1. The molecular weight excluding hydrogens is 189 g/mol. The lowest BCUT2D eigenvalue weighted by Gasteiger charge is -1.80. The minimum absolute atomic E-state index is 0.748. The predicted octanol–water partition coefficient (Wildman–Crippen LogP) is 2.89. The zero-order chi connectivity index (χ0) is 9.56. The van der Waals surface area contributed by atoms with E-state index in [2.05, 4.69) is 20.2 Å². The Bertz CT molecular complexity index is 302. The first-order chi connectivity index (χ1) is 5.74. The van der Waals surface area contributed by atoms with Gasteiger partial charge in [-0.3, -0.25) is 0 Å². The number of thiophene rings is 1. The van der Waals surface area contributed by atoms with Crippen LogP contribution in [0.5, 0.6) is 0 Å². The maximum atomic E-state index is 9.85. The van der Waals surface area contributed by atoms with E-state index in [1.54, 1.807) is 11.3 Å². The first kappa shape index (κ1) is 11.2. The van der Waals surface area contributed by atoms with Crippen molar-refractivity contribution in [3.63, 3.8) is 0 Å². The average molecular weight is 199 g/mol. The van der Waals surface area contributed by atoms with Gasteiger partial charge in [0.1, 0.15) is 0 Å². The van der Waals surface area contributed by atoms with Gasteiger partial charge in [0.15, 0.2) is 0 Å². The van der Waals surface area contributed by atoms with Crippen molar-refractivity contribution in [3.05, 3.63) is 15.8 Å². The van der Waals surface area contributed by atoms with E-state index in [0.29, 0.717) is 0 Å². The summed E-state index contributed by atoms with van der Waals surface area (Å²) in [6.45, 7) is 3.93. The third-order valence-corrected chi connectivity index (χ3v) is 2.14. The Hall–Kier alpha value is -0.750. The number of rotatable bonds is 1. The second kappa shape index (κ2) is 5.84. The molecule has 0 saturated carbocycles. The molecule has 0 aromatic carbocycles. The van der Waals surface area contributed by atoms with Crippen LogP contribution in [0.3, 0.4) is 0 Å². The average Bonchev–Trinajstić information content (AvgIpc) is 2.35. The smallest absolute Gasteiger partial charge is 0.211 e. The second-order valence-electron chi connectivity index (χ2n) is 2.00. The summed E-state index contributed by atoms with van der Waals surface area (Å²) in [4.78, 5) is 15.6. The summed E-state index contributed by atoms with van der Waals surface area (Å²) in [5, 5.41) is 0. The van der Waals surface area contributed by atoms with Crippen LogP contribution >= 0.6 is 20.2 Å². The summed E-state index contributed by atoms with van der Waals surface area (Å²) in [6.07, 6.45) is 4.58. The van der Waals surface area contributed by atoms with E-state index in [1.165, 1.54) is 11.0 Å². The fourth-order valence-corrected chi connectivity index (χ4v) is 1.64. The maximum absolute atomic E-state index is 9.85. The first-order valence-electron chi connectivity index (χ1n) is 3.24. The second-order valence-corrected chi connectivity index (χ2v) is 3.46. The van der Waals surface area contributed by atoms with Crippen molar-refractivity contribution in [2.45, 2.75) is 13.8 Å². The summed E-state index contributed by atoms with van der Waals surface area (Å²) in [6, 6.07) is 1.88. The number of hydrogen-bond acceptors (Lipinski definition) is 3. The highest BCUT2D eigenvalue weighted by Crippen LogP contribution is 2.27. The van der Waals surface area contributed by atoms with Gasteiger partial charge in [0, 0.05) is 9.75 Å². The van der Waals surface area contributed by atoms with Gasteiger partial charge in [0.25, 0.3) is 0 Å². The predicted molar refractivity (Wildman–Crippen MR) is 57.0 cm³/mol. The van der Waals surface area contributed by atoms with Gasteiger partial charge in [-0.15, -0.1) is 20.2 Å². The van der Waals surface area contributed by atoms with Crippen LogP contribution in [0.4, 0.5) is 5.69 Å². The molecule has 0 spiro atoms. The van der Waals surface area contributed by atoms with Crippen molar-refractivity contribution < 1.29 is 4.79 Å². The number of aliphatic imine (C=N–C) groups is 1. The van der Waals surface area contributed by atoms with Crippen molar-refractivity contribution in [1.82, 2.24) is 0 Å². The standard InChI is InChI=1S/C7H7NOS.CH3P/c1-5-3-7(8-4-9)6(2)10-5;1-2/h3H,1-2H3;2H,1H2. The summed E-state index contributed by atoms with van der Waals surface area (Å²) in [5.74, 6) is 0. The van der Waals surface area contributed by atoms with Gasteiger partial charge in [0.05, 0.1) is 5.69 Å². The molecule has 0 aliphatic heterocycles. The number of hydrogen-bond donors (Lipinski definition) is 0. The van der Waals surface area contributed by atoms with Gasteiger partial charge in [-0.2, -0.15) is 4.99 Å². The van der Waals surface area contributed by atoms with E-state index < -0.39 is 0 Å². The van der Waals surface area contributed by atoms with E-state index in [-0.39, 0.29) is 0 Å². The molecule has 0 atom stereocenters. The molecule has 12 heavy (non-hydrogen) atoms. The van der Waals surface area contributed by atoms with E-state index in [4.69, 9.17) is 0 Å². The highest BCUT2D eigenvalue weighted by Gasteiger charge is 1.98. The number of nitrogens with zero attached hydrogens (tertiary/aromatic N) is 1. The molecule has 0 N–H and O–H groups in total. The Kier molecular flexibility index (Phi) is 5.48. The zero-order valence-electron chi connectivity index (χ0n) is 7.05. The Balaban J connectivity index is 0.000000561. The third-order valence-electron chi connectivity index (χ3n) is 1.18. The lowest BCUT2D eigenvalue weighted by molar-refractivity contribution is 0.565. The highest BCUT2D eigenvalue weighted by atomic mass is 32.1. The molecule has 1 aromatic heterocycles. The molecule has 0 unspecified atom stereocenters. The minimum Gasteiger partial charge on any atom is -0.211 e. The van der Waals surface area contributed by atoms with Gasteiger partial charge in [-0.1, -0.05) is 6.30 Å². The molecule has 4 heteroatoms. The Morgan fingerprint density at radius 1 is 1.58 bits per heavy atom. The summed E-state index contributed by atoms with van der Waals surface area (Å²) >= 11 is 1.64. The van der Waals surface area contributed by atoms with Crippen LogP contribution in [0.25, 0.3) is 0 Å². The molecule has 2 nitrogen and oxygen atoms in total. The fourth-order valence-electron chi connectivity index (χ4n) is 0.778. The SMILES string of the molecule is C=P.Cc1cc(N=C=O)c(C)s1. The van der Waals surface area contributed by atoms with Crippen molar-refractivity contribution in [1.29, 1.82) is 0 Å². The van der Waals surface area contributed by atoms with Crippen molar-refractivity contribution in [2.75, 3.05) is 0 Å². The lowest BCUT2D eigenvalue weighted by Crippen LogP contribution is -1.58. The molecule has 64 valence electrons. The van der Waals surface area contributed by atoms with Crippen LogP contribution in [0, 0.1) is 13.8 Å². The van der Waals surface area contributed by atoms with Gasteiger partial charge in [-0.05, 0) is 19.9 Å². The molecule has 0 amide bonds. The molecule has 0 aliphatic rings. The summed E-state index contributed by atoms with van der Waals surface area (Å²) in [5.41, 5.74) is 0.748. The van der Waals surface area contributed by atoms with Gasteiger partial charge >= 0.3 is 0 Å².